The van der Waals surface area contributed by atoms with E-state index in [0.717, 1.165) is 22.2 Å². The van der Waals surface area contributed by atoms with E-state index in [4.69, 9.17) is 4.42 Å². The second kappa shape index (κ2) is 7.96. The standard InChI is InChI=1S/C27H17NO4/c29-24-16-25(32-26-21(24)8-4-9-22(26)27(30)31)19-7-3-5-17(15-19)11-13-20-14-12-18-6-1-2-10-23(18)28-20/h1-16H,(H,30,31). The Bertz CT molecular complexity index is 1580. The first kappa shape index (κ1) is 19.5. The number of nitrogens with zero attached hydrogens (tertiary/aromatic N) is 1. The van der Waals surface area contributed by atoms with Gasteiger partial charge in [0.25, 0.3) is 0 Å². The maximum atomic E-state index is 12.6. The summed E-state index contributed by atoms with van der Waals surface area (Å²) in [5, 5.41) is 10.8. The van der Waals surface area contributed by atoms with E-state index in [1.54, 1.807) is 6.07 Å². The lowest BCUT2D eigenvalue weighted by atomic mass is 10.1. The monoisotopic (exact) mass is 419 g/mol. The van der Waals surface area contributed by atoms with Gasteiger partial charge < -0.3 is 9.52 Å². The van der Waals surface area contributed by atoms with Crippen LogP contribution in [0.2, 0.25) is 0 Å². The van der Waals surface area contributed by atoms with Crippen LogP contribution in [0.25, 0.3) is 45.3 Å². The molecule has 3 aromatic carbocycles. The average molecular weight is 419 g/mol. The number of aromatic carboxylic acids is 1. The van der Waals surface area contributed by atoms with Crippen molar-refractivity contribution in [3.05, 3.63) is 112 Å². The van der Waals surface area contributed by atoms with Gasteiger partial charge in [0, 0.05) is 17.0 Å². The third-order valence-corrected chi connectivity index (χ3v) is 5.22. The Morgan fingerprint density at radius 1 is 0.875 bits per heavy atom. The van der Waals surface area contributed by atoms with Crippen LogP contribution in [0.5, 0.6) is 0 Å². The van der Waals surface area contributed by atoms with Crippen molar-refractivity contribution in [2.45, 2.75) is 0 Å². The zero-order chi connectivity index (χ0) is 22.1. The summed E-state index contributed by atoms with van der Waals surface area (Å²) in [6.07, 6.45) is 3.85. The maximum absolute atomic E-state index is 12.6. The number of carboxylic acids is 1. The summed E-state index contributed by atoms with van der Waals surface area (Å²) in [7, 11) is 0. The van der Waals surface area contributed by atoms with E-state index in [9.17, 15) is 14.7 Å². The van der Waals surface area contributed by atoms with Gasteiger partial charge in [-0.05, 0) is 42.0 Å². The molecule has 0 saturated heterocycles. The third-order valence-electron chi connectivity index (χ3n) is 5.22. The van der Waals surface area contributed by atoms with Gasteiger partial charge in [-0.3, -0.25) is 4.79 Å². The molecule has 2 heterocycles. The van der Waals surface area contributed by atoms with E-state index in [1.165, 1.54) is 18.2 Å². The lowest BCUT2D eigenvalue weighted by Crippen LogP contribution is -2.05. The molecule has 0 bridgehead atoms. The molecular formula is C27H17NO4. The fourth-order valence-corrected chi connectivity index (χ4v) is 3.64. The van der Waals surface area contributed by atoms with Gasteiger partial charge in [0.2, 0.25) is 0 Å². The van der Waals surface area contributed by atoms with E-state index in [2.05, 4.69) is 4.98 Å². The number of fused-ring (bicyclic) bond motifs is 2. The van der Waals surface area contributed by atoms with E-state index in [1.807, 2.05) is 72.8 Å². The largest absolute Gasteiger partial charge is 0.478 e. The number of carboxylic acid groups (broad SMARTS) is 1. The average Bonchev–Trinajstić information content (AvgIpc) is 2.82. The number of para-hydroxylation sites is 2. The Morgan fingerprint density at radius 2 is 1.72 bits per heavy atom. The molecule has 0 atom stereocenters. The highest BCUT2D eigenvalue weighted by Crippen LogP contribution is 2.26. The van der Waals surface area contributed by atoms with Crippen molar-refractivity contribution in [3.63, 3.8) is 0 Å². The van der Waals surface area contributed by atoms with E-state index < -0.39 is 5.97 Å². The van der Waals surface area contributed by atoms with Gasteiger partial charge >= 0.3 is 5.97 Å². The molecule has 5 heteroatoms. The third kappa shape index (κ3) is 3.68. The molecule has 32 heavy (non-hydrogen) atoms. The zero-order valence-electron chi connectivity index (χ0n) is 16.9. The molecule has 5 rings (SSSR count). The first-order chi connectivity index (χ1) is 15.6. The first-order valence-corrected chi connectivity index (χ1v) is 10.0. The molecule has 0 spiro atoms. The number of benzene rings is 3. The Balaban J connectivity index is 1.53. The second-order valence-electron chi connectivity index (χ2n) is 7.35. The van der Waals surface area contributed by atoms with Crippen LogP contribution in [0.15, 0.2) is 94.1 Å². The van der Waals surface area contributed by atoms with Crippen LogP contribution in [0, 0.1) is 0 Å². The summed E-state index contributed by atoms with van der Waals surface area (Å²) in [5.74, 6) is -0.828. The molecule has 5 aromatic rings. The number of hydrogen-bond acceptors (Lipinski definition) is 4. The molecule has 154 valence electrons. The van der Waals surface area contributed by atoms with Gasteiger partial charge in [0.15, 0.2) is 11.0 Å². The zero-order valence-corrected chi connectivity index (χ0v) is 16.9. The van der Waals surface area contributed by atoms with Crippen LogP contribution >= 0.6 is 0 Å². The maximum Gasteiger partial charge on any atom is 0.339 e. The molecule has 0 aliphatic heterocycles. The number of rotatable bonds is 4. The Hall–Kier alpha value is -4.51. The predicted octanol–water partition coefficient (Wildman–Crippen LogP) is 5.88. The summed E-state index contributed by atoms with van der Waals surface area (Å²) >= 11 is 0. The number of carbonyl (C=O) groups is 1. The highest BCUT2D eigenvalue weighted by Gasteiger charge is 2.14. The summed E-state index contributed by atoms with van der Waals surface area (Å²) in [4.78, 5) is 28.8. The number of hydrogen-bond donors (Lipinski definition) is 1. The fourth-order valence-electron chi connectivity index (χ4n) is 3.64. The van der Waals surface area contributed by atoms with Gasteiger partial charge in [-0.1, -0.05) is 54.6 Å². The lowest BCUT2D eigenvalue weighted by molar-refractivity contribution is 0.0698. The van der Waals surface area contributed by atoms with Crippen LogP contribution in [0.4, 0.5) is 0 Å². The van der Waals surface area contributed by atoms with Gasteiger partial charge in [-0.25, -0.2) is 9.78 Å². The second-order valence-corrected chi connectivity index (χ2v) is 7.35. The molecule has 0 fully saturated rings. The van der Waals surface area contributed by atoms with Crippen LogP contribution in [-0.4, -0.2) is 16.1 Å². The molecule has 0 aliphatic carbocycles. The first-order valence-electron chi connectivity index (χ1n) is 10.0. The minimum atomic E-state index is -1.14. The van der Waals surface area contributed by atoms with E-state index >= 15 is 0 Å². The molecule has 5 nitrogen and oxygen atoms in total. The topological polar surface area (TPSA) is 80.4 Å². The molecule has 1 N–H and O–H groups in total. The number of pyridine rings is 1. The van der Waals surface area contributed by atoms with Crippen molar-refractivity contribution < 1.29 is 14.3 Å². The van der Waals surface area contributed by atoms with Crippen molar-refractivity contribution >= 4 is 40.0 Å². The quantitative estimate of drug-likeness (QED) is 0.394. The Morgan fingerprint density at radius 3 is 2.59 bits per heavy atom. The predicted molar refractivity (Wildman–Crippen MR) is 126 cm³/mol. The molecule has 0 amide bonds. The van der Waals surface area contributed by atoms with Crippen molar-refractivity contribution in [3.8, 4) is 11.3 Å². The van der Waals surface area contributed by atoms with Gasteiger partial charge in [-0.15, -0.1) is 0 Å². The summed E-state index contributed by atoms with van der Waals surface area (Å²) < 4.78 is 5.87. The van der Waals surface area contributed by atoms with Crippen molar-refractivity contribution in [1.29, 1.82) is 0 Å². The minimum Gasteiger partial charge on any atom is -0.478 e. The molecule has 2 aromatic heterocycles. The normalized spacial score (nSPS) is 11.4. The van der Waals surface area contributed by atoms with Gasteiger partial charge in [0.05, 0.1) is 16.6 Å². The summed E-state index contributed by atoms with van der Waals surface area (Å²) in [6.45, 7) is 0. The lowest BCUT2D eigenvalue weighted by Gasteiger charge is -2.06. The number of aromatic nitrogens is 1. The van der Waals surface area contributed by atoms with Crippen LogP contribution in [0.1, 0.15) is 21.6 Å². The summed E-state index contributed by atoms with van der Waals surface area (Å²) in [5.41, 5.74) is 3.08. The molecule has 0 aliphatic rings. The highest BCUT2D eigenvalue weighted by molar-refractivity contribution is 6.01. The highest BCUT2D eigenvalue weighted by atomic mass is 16.4. The van der Waals surface area contributed by atoms with Gasteiger partial charge in [-0.2, -0.15) is 0 Å². The molecule has 0 radical (unpaired) electrons. The van der Waals surface area contributed by atoms with Crippen LogP contribution < -0.4 is 5.43 Å². The smallest absolute Gasteiger partial charge is 0.339 e. The Labute approximate surface area is 182 Å². The van der Waals surface area contributed by atoms with Crippen LogP contribution in [-0.2, 0) is 0 Å². The molecule has 0 saturated carbocycles. The molecule has 0 unspecified atom stereocenters. The minimum absolute atomic E-state index is 0.0418. The SMILES string of the molecule is O=C(O)c1cccc2c(=O)cc(-c3cccc(C=Cc4ccc5ccccc5n4)c3)oc12. The van der Waals surface area contributed by atoms with Crippen LogP contribution in [0.3, 0.4) is 0 Å². The van der Waals surface area contributed by atoms with E-state index in [-0.39, 0.29) is 22.0 Å². The van der Waals surface area contributed by atoms with Crippen molar-refractivity contribution in [1.82, 2.24) is 4.98 Å². The molecular weight excluding hydrogens is 402 g/mol. The Kier molecular flexibility index (Phi) is 4.84. The van der Waals surface area contributed by atoms with E-state index in [0.29, 0.717) is 11.3 Å². The fraction of sp³-hybridized carbons (Fsp3) is 0. The van der Waals surface area contributed by atoms with Gasteiger partial charge in [0.1, 0.15) is 11.3 Å². The van der Waals surface area contributed by atoms with Crippen molar-refractivity contribution in [2.24, 2.45) is 0 Å². The van der Waals surface area contributed by atoms with Crippen molar-refractivity contribution in [2.75, 3.05) is 0 Å². The summed E-state index contributed by atoms with van der Waals surface area (Å²) in [6, 6.07) is 25.3.